The summed E-state index contributed by atoms with van der Waals surface area (Å²) in [5.41, 5.74) is 0.870. The van der Waals surface area contributed by atoms with Gasteiger partial charge in [-0.25, -0.2) is 0 Å². The molecule has 0 aliphatic carbocycles. The number of hydrogen-bond acceptors (Lipinski definition) is 6. The Morgan fingerprint density at radius 3 is 2.55 bits per heavy atom. The highest BCUT2D eigenvalue weighted by atomic mass is 32.1. The number of nitrogens with zero attached hydrogens (tertiary/aromatic N) is 2. The molecule has 0 unspecified atom stereocenters. The third-order valence-corrected chi connectivity index (χ3v) is 4.14. The Balaban J connectivity index is 1.98. The fourth-order valence-corrected chi connectivity index (χ4v) is 2.56. The lowest BCUT2D eigenvalue weighted by atomic mass is 10.2. The van der Waals surface area contributed by atoms with Gasteiger partial charge in [0.25, 0.3) is 0 Å². The summed E-state index contributed by atoms with van der Waals surface area (Å²) in [4.78, 5) is 12.3. The highest BCUT2D eigenvalue weighted by Crippen LogP contribution is 2.18. The molecule has 0 spiro atoms. The van der Waals surface area contributed by atoms with Gasteiger partial charge in [-0.15, -0.1) is 10.2 Å². The molecule has 0 saturated heterocycles. The summed E-state index contributed by atoms with van der Waals surface area (Å²) >= 11 is 1.40. The number of carbonyl (C=O) groups excluding carboxylic acids is 1. The number of carbonyl (C=O) groups is 1. The van der Waals surface area contributed by atoms with E-state index < -0.39 is 0 Å². The molecule has 1 amide bonds. The van der Waals surface area contributed by atoms with Crippen LogP contribution in [0, 0.1) is 0 Å². The maximum absolute atomic E-state index is 12.3. The van der Waals surface area contributed by atoms with Gasteiger partial charge in [-0.1, -0.05) is 25.2 Å². The van der Waals surface area contributed by atoms with Crippen LogP contribution in [-0.4, -0.2) is 29.3 Å². The van der Waals surface area contributed by atoms with Crippen LogP contribution in [0.5, 0.6) is 5.75 Å². The van der Waals surface area contributed by atoms with Crippen molar-refractivity contribution in [2.24, 2.45) is 0 Å². The van der Waals surface area contributed by atoms with E-state index in [4.69, 9.17) is 4.74 Å². The normalized spacial score (nSPS) is 11.8. The lowest BCUT2D eigenvalue weighted by Crippen LogP contribution is -2.34. The second-order valence-corrected chi connectivity index (χ2v) is 5.74. The van der Waals surface area contributed by atoms with Crippen LogP contribution in [0.3, 0.4) is 0 Å². The number of ether oxygens (including phenoxy) is 1. The Labute approximate surface area is 133 Å². The fourth-order valence-electron chi connectivity index (χ4n) is 1.88. The quantitative estimate of drug-likeness (QED) is 0.820. The Morgan fingerprint density at radius 2 is 2.00 bits per heavy atom. The number of methoxy groups -OCH3 is 1. The first-order valence-corrected chi connectivity index (χ1v) is 8.01. The molecule has 0 radical (unpaired) electrons. The molecular formula is C15H20N4O2S. The largest absolute Gasteiger partial charge is 0.497 e. The van der Waals surface area contributed by atoms with Crippen molar-refractivity contribution in [3.8, 4) is 5.75 Å². The van der Waals surface area contributed by atoms with Crippen molar-refractivity contribution in [1.82, 2.24) is 10.2 Å². The highest BCUT2D eigenvalue weighted by Gasteiger charge is 2.18. The molecule has 1 atom stereocenters. The second kappa shape index (κ2) is 7.74. The third-order valence-electron chi connectivity index (χ3n) is 3.16. The topological polar surface area (TPSA) is 76.1 Å². The number of nitrogens with one attached hydrogen (secondary N) is 2. The van der Waals surface area contributed by atoms with Gasteiger partial charge >= 0.3 is 0 Å². The van der Waals surface area contributed by atoms with Gasteiger partial charge in [0.2, 0.25) is 11.0 Å². The van der Waals surface area contributed by atoms with E-state index in [2.05, 4.69) is 20.8 Å². The molecule has 1 aromatic heterocycles. The van der Waals surface area contributed by atoms with Crippen LogP contribution in [-0.2, 0) is 11.2 Å². The SMILES string of the molecule is CCc1nnc(NC(=O)[C@H](CC)Nc2ccc(OC)cc2)s1. The number of rotatable bonds is 7. The van der Waals surface area contributed by atoms with Crippen molar-refractivity contribution in [2.75, 3.05) is 17.7 Å². The van der Waals surface area contributed by atoms with E-state index >= 15 is 0 Å². The number of hydrogen-bond donors (Lipinski definition) is 2. The molecule has 2 N–H and O–H groups in total. The highest BCUT2D eigenvalue weighted by molar-refractivity contribution is 7.15. The standard InChI is InChI=1S/C15H20N4O2S/c1-4-12(16-10-6-8-11(21-3)9-7-10)14(20)17-15-19-18-13(5-2)22-15/h6-9,12,16H,4-5H2,1-3H3,(H,17,19,20)/t12-/m0/s1. The summed E-state index contributed by atoms with van der Waals surface area (Å²) in [5.74, 6) is 0.668. The second-order valence-electron chi connectivity index (χ2n) is 4.68. The monoisotopic (exact) mass is 320 g/mol. The molecule has 0 bridgehead atoms. The number of anilines is 2. The molecule has 0 aliphatic heterocycles. The molecule has 6 nitrogen and oxygen atoms in total. The van der Waals surface area contributed by atoms with Crippen molar-refractivity contribution in [3.63, 3.8) is 0 Å². The van der Waals surface area contributed by atoms with E-state index in [0.29, 0.717) is 11.6 Å². The molecular weight excluding hydrogens is 300 g/mol. The molecule has 0 saturated carbocycles. The summed E-state index contributed by atoms with van der Waals surface area (Å²) in [7, 11) is 1.62. The minimum absolute atomic E-state index is 0.114. The molecule has 7 heteroatoms. The Kier molecular flexibility index (Phi) is 5.71. The molecule has 1 aromatic carbocycles. The zero-order valence-electron chi connectivity index (χ0n) is 12.9. The summed E-state index contributed by atoms with van der Waals surface area (Å²) in [5, 5.41) is 15.4. The van der Waals surface area contributed by atoms with Gasteiger partial charge in [0, 0.05) is 5.69 Å². The number of aryl methyl sites for hydroxylation is 1. The van der Waals surface area contributed by atoms with Gasteiger partial charge in [0.05, 0.1) is 7.11 Å². The first kappa shape index (κ1) is 16.2. The zero-order valence-corrected chi connectivity index (χ0v) is 13.7. The average molecular weight is 320 g/mol. The van der Waals surface area contributed by atoms with Gasteiger partial charge in [-0.05, 0) is 37.1 Å². The lowest BCUT2D eigenvalue weighted by molar-refractivity contribution is -0.117. The van der Waals surface area contributed by atoms with E-state index in [0.717, 1.165) is 22.9 Å². The Morgan fingerprint density at radius 1 is 1.27 bits per heavy atom. The maximum Gasteiger partial charge on any atom is 0.248 e. The van der Waals surface area contributed by atoms with Crippen molar-refractivity contribution in [3.05, 3.63) is 29.3 Å². The van der Waals surface area contributed by atoms with Crippen LogP contribution < -0.4 is 15.4 Å². The summed E-state index contributed by atoms with van der Waals surface area (Å²) in [6, 6.07) is 7.14. The van der Waals surface area contributed by atoms with Crippen LogP contribution in [0.1, 0.15) is 25.3 Å². The van der Waals surface area contributed by atoms with Crippen molar-refractivity contribution < 1.29 is 9.53 Å². The van der Waals surface area contributed by atoms with Crippen LogP contribution in [0.2, 0.25) is 0 Å². The predicted octanol–water partition coefficient (Wildman–Crippen LogP) is 2.94. The minimum Gasteiger partial charge on any atom is -0.497 e. The van der Waals surface area contributed by atoms with Crippen LogP contribution in [0.25, 0.3) is 0 Å². The third kappa shape index (κ3) is 4.17. The van der Waals surface area contributed by atoms with E-state index in [1.54, 1.807) is 7.11 Å². The van der Waals surface area contributed by atoms with E-state index in [9.17, 15) is 4.79 Å². The molecule has 118 valence electrons. The summed E-state index contributed by atoms with van der Waals surface area (Å²) in [6.07, 6.45) is 1.48. The summed E-state index contributed by atoms with van der Waals surface area (Å²) < 4.78 is 5.12. The van der Waals surface area contributed by atoms with E-state index in [-0.39, 0.29) is 11.9 Å². The lowest BCUT2D eigenvalue weighted by Gasteiger charge is -2.17. The van der Waals surface area contributed by atoms with E-state index in [1.165, 1.54) is 11.3 Å². The zero-order chi connectivity index (χ0) is 15.9. The predicted molar refractivity (Wildman–Crippen MR) is 88.6 cm³/mol. The van der Waals surface area contributed by atoms with Crippen LogP contribution in [0.4, 0.5) is 10.8 Å². The van der Waals surface area contributed by atoms with E-state index in [1.807, 2.05) is 38.1 Å². The van der Waals surface area contributed by atoms with Crippen molar-refractivity contribution in [2.45, 2.75) is 32.7 Å². The van der Waals surface area contributed by atoms with Gasteiger partial charge in [0.1, 0.15) is 16.8 Å². The van der Waals surface area contributed by atoms with Gasteiger partial charge in [0.15, 0.2) is 0 Å². The molecule has 1 heterocycles. The van der Waals surface area contributed by atoms with Crippen LogP contribution >= 0.6 is 11.3 Å². The van der Waals surface area contributed by atoms with Crippen molar-refractivity contribution in [1.29, 1.82) is 0 Å². The van der Waals surface area contributed by atoms with Gasteiger partial charge < -0.3 is 10.1 Å². The number of benzene rings is 1. The van der Waals surface area contributed by atoms with Gasteiger partial charge in [-0.3, -0.25) is 10.1 Å². The smallest absolute Gasteiger partial charge is 0.248 e. The maximum atomic E-state index is 12.3. The summed E-state index contributed by atoms with van der Waals surface area (Å²) in [6.45, 7) is 3.96. The number of aromatic nitrogens is 2. The molecule has 2 aromatic rings. The molecule has 0 fully saturated rings. The first-order chi connectivity index (χ1) is 10.7. The fraction of sp³-hybridized carbons (Fsp3) is 0.400. The Hall–Kier alpha value is -2.15. The molecule has 22 heavy (non-hydrogen) atoms. The number of amides is 1. The molecule has 0 aliphatic rings. The first-order valence-electron chi connectivity index (χ1n) is 7.20. The van der Waals surface area contributed by atoms with Crippen molar-refractivity contribution >= 4 is 28.1 Å². The average Bonchev–Trinajstić information content (AvgIpc) is 3.00. The molecule has 2 rings (SSSR count). The van der Waals surface area contributed by atoms with Crippen LogP contribution in [0.15, 0.2) is 24.3 Å². The minimum atomic E-state index is -0.331. The Bertz CT molecular complexity index is 612. The van der Waals surface area contributed by atoms with Gasteiger partial charge in [-0.2, -0.15) is 0 Å².